The van der Waals surface area contributed by atoms with Gasteiger partial charge in [-0.25, -0.2) is 8.42 Å². The second-order valence-electron chi connectivity index (χ2n) is 10.4. The van der Waals surface area contributed by atoms with E-state index < -0.39 is 34.1 Å². The van der Waals surface area contributed by atoms with Gasteiger partial charge in [0.15, 0.2) is 0 Å². The molecule has 8 heteroatoms. The fraction of sp³-hybridized carbons (Fsp3) is 0.481. The largest absolute Gasteiger partial charge is 0.350 e. The molecule has 0 aliphatic heterocycles. The van der Waals surface area contributed by atoms with Crippen molar-refractivity contribution in [3.63, 3.8) is 0 Å². The van der Waals surface area contributed by atoms with Crippen molar-refractivity contribution in [3.05, 3.63) is 65.2 Å². The number of aryl methyl sites for hydroxylation is 1. The van der Waals surface area contributed by atoms with Gasteiger partial charge in [-0.15, -0.1) is 0 Å². The van der Waals surface area contributed by atoms with Gasteiger partial charge >= 0.3 is 0 Å². The average molecular weight is 502 g/mol. The van der Waals surface area contributed by atoms with Crippen LogP contribution < -0.4 is 9.62 Å². The van der Waals surface area contributed by atoms with Crippen LogP contribution in [0.3, 0.4) is 0 Å². The van der Waals surface area contributed by atoms with Gasteiger partial charge in [-0.2, -0.15) is 0 Å². The second-order valence-corrected chi connectivity index (χ2v) is 12.3. The standard InChI is InChI=1S/C27H39N3O4S/c1-19(2)22-13-15-24(16-14-22)30(35(8,33)34)18-25(31)29(17-23-12-10-9-11-20(23)3)21(4)26(32)28-27(5,6)7/h9-16,19,21H,17-18H2,1-8H3,(H,28,32)/t21-/m0/s1. The van der Waals surface area contributed by atoms with E-state index in [0.717, 1.165) is 27.3 Å². The highest BCUT2D eigenvalue weighted by atomic mass is 32.2. The molecule has 0 unspecified atom stereocenters. The van der Waals surface area contributed by atoms with Gasteiger partial charge in [-0.1, -0.05) is 50.2 Å². The van der Waals surface area contributed by atoms with Crippen LogP contribution in [0.15, 0.2) is 48.5 Å². The summed E-state index contributed by atoms with van der Waals surface area (Å²) < 4.78 is 26.5. The summed E-state index contributed by atoms with van der Waals surface area (Å²) in [6.45, 7) is 13.1. The van der Waals surface area contributed by atoms with E-state index in [4.69, 9.17) is 0 Å². The Morgan fingerprint density at radius 3 is 2.03 bits per heavy atom. The van der Waals surface area contributed by atoms with Crippen LogP contribution in [0.5, 0.6) is 0 Å². The molecule has 0 saturated carbocycles. The maximum absolute atomic E-state index is 13.6. The first kappa shape index (κ1) is 28.4. The van der Waals surface area contributed by atoms with Gasteiger partial charge < -0.3 is 10.2 Å². The van der Waals surface area contributed by atoms with Crippen LogP contribution in [-0.2, 0) is 26.2 Å². The summed E-state index contributed by atoms with van der Waals surface area (Å²) in [6.07, 6.45) is 1.08. The molecule has 0 saturated heterocycles. The van der Waals surface area contributed by atoms with E-state index in [1.165, 1.54) is 4.90 Å². The van der Waals surface area contributed by atoms with E-state index in [2.05, 4.69) is 19.2 Å². The molecule has 0 aliphatic rings. The number of nitrogens with zero attached hydrogens (tertiary/aromatic N) is 2. The fourth-order valence-electron chi connectivity index (χ4n) is 3.67. The average Bonchev–Trinajstić information content (AvgIpc) is 2.74. The molecule has 0 fully saturated rings. The van der Waals surface area contributed by atoms with E-state index in [9.17, 15) is 18.0 Å². The predicted molar refractivity (Wildman–Crippen MR) is 142 cm³/mol. The lowest BCUT2D eigenvalue weighted by Crippen LogP contribution is -2.54. The van der Waals surface area contributed by atoms with Gasteiger partial charge in [-0.3, -0.25) is 13.9 Å². The molecule has 1 atom stereocenters. The summed E-state index contributed by atoms with van der Waals surface area (Å²) in [5.41, 5.74) is 2.89. The SMILES string of the molecule is Cc1ccccc1CN(C(=O)CN(c1ccc(C(C)C)cc1)S(C)(=O)=O)[C@@H](C)C(=O)NC(C)(C)C. The monoisotopic (exact) mass is 501 g/mol. The highest BCUT2D eigenvalue weighted by molar-refractivity contribution is 7.92. The Morgan fingerprint density at radius 2 is 1.54 bits per heavy atom. The number of carbonyl (C=O) groups is 2. The lowest BCUT2D eigenvalue weighted by molar-refractivity contribution is -0.140. The maximum atomic E-state index is 13.6. The van der Waals surface area contributed by atoms with Gasteiger partial charge in [0, 0.05) is 12.1 Å². The van der Waals surface area contributed by atoms with E-state index >= 15 is 0 Å². The van der Waals surface area contributed by atoms with Crippen LogP contribution in [-0.4, -0.2) is 49.5 Å². The zero-order valence-corrected chi connectivity index (χ0v) is 22.9. The molecule has 0 aliphatic carbocycles. The fourth-order valence-corrected chi connectivity index (χ4v) is 4.52. The number of anilines is 1. The Hall–Kier alpha value is -2.87. The summed E-state index contributed by atoms with van der Waals surface area (Å²) in [4.78, 5) is 28.1. The molecule has 7 nitrogen and oxygen atoms in total. The normalized spacial score (nSPS) is 12.8. The Kier molecular flexibility index (Phi) is 9.11. The van der Waals surface area contributed by atoms with Crippen molar-refractivity contribution in [2.45, 2.75) is 72.5 Å². The van der Waals surface area contributed by atoms with Crippen LogP contribution in [0, 0.1) is 6.92 Å². The van der Waals surface area contributed by atoms with Crippen molar-refractivity contribution >= 4 is 27.5 Å². The summed E-state index contributed by atoms with van der Waals surface area (Å²) in [5.74, 6) is -0.459. The predicted octanol–water partition coefficient (Wildman–Crippen LogP) is 4.22. The smallest absolute Gasteiger partial charge is 0.244 e. The Morgan fingerprint density at radius 1 is 0.971 bits per heavy atom. The summed E-state index contributed by atoms with van der Waals surface area (Å²) in [5, 5.41) is 2.92. The molecule has 2 aromatic rings. The highest BCUT2D eigenvalue weighted by Crippen LogP contribution is 2.23. The molecule has 0 aromatic heterocycles. The molecule has 0 radical (unpaired) electrons. The number of rotatable bonds is 9. The number of carbonyl (C=O) groups excluding carboxylic acids is 2. The van der Waals surface area contributed by atoms with E-state index in [1.54, 1.807) is 19.1 Å². The number of amides is 2. The third kappa shape index (κ3) is 8.09. The van der Waals surface area contributed by atoms with E-state index in [1.807, 2.05) is 64.1 Å². The molecule has 2 aromatic carbocycles. The van der Waals surface area contributed by atoms with Gasteiger partial charge in [0.2, 0.25) is 21.8 Å². The third-order valence-electron chi connectivity index (χ3n) is 5.79. The number of nitrogens with one attached hydrogen (secondary N) is 1. The Labute approximate surface area is 210 Å². The zero-order chi connectivity index (χ0) is 26.6. The topological polar surface area (TPSA) is 86.8 Å². The number of hydrogen-bond donors (Lipinski definition) is 1. The Bertz CT molecular complexity index is 1140. The first-order valence-electron chi connectivity index (χ1n) is 11.8. The Balaban J connectivity index is 2.42. The van der Waals surface area contributed by atoms with Crippen LogP contribution >= 0.6 is 0 Å². The molecule has 0 spiro atoms. The van der Waals surface area contributed by atoms with E-state index in [-0.39, 0.29) is 12.5 Å². The molecule has 0 bridgehead atoms. The summed E-state index contributed by atoms with van der Waals surface area (Å²) in [7, 11) is -3.75. The van der Waals surface area contributed by atoms with Crippen molar-refractivity contribution < 1.29 is 18.0 Å². The van der Waals surface area contributed by atoms with Crippen molar-refractivity contribution in [1.29, 1.82) is 0 Å². The molecule has 2 amide bonds. The molecule has 2 rings (SSSR count). The van der Waals surface area contributed by atoms with Crippen molar-refractivity contribution in [2.24, 2.45) is 0 Å². The van der Waals surface area contributed by atoms with Crippen LogP contribution in [0.1, 0.15) is 64.2 Å². The quantitative estimate of drug-likeness (QED) is 0.557. The van der Waals surface area contributed by atoms with Crippen LogP contribution in [0.2, 0.25) is 0 Å². The first-order valence-corrected chi connectivity index (χ1v) is 13.7. The van der Waals surface area contributed by atoms with Gasteiger partial charge in [0.25, 0.3) is 0 Å². The molecule has 1 N–H and O–H groups in total. The van der Waals surface area contributed by atoms with Crippen molar-refractivity contribution in [3.8, 4) is 0 Å². The molecule has 0 heterocycles. The molecular formula is C27H39N3O4S. The minimum Gasteiger partial charge on any atom is -0.350 e. The van der Waals surface area contributed by atoms with Crippen molar-refractivity contribution in [2.75, 3.05) is 17.1 Å². The highest BCUT2D eigenvalue weighted by Gasteiger charge is 2.31. The maximum Gasteiger partial charge on any atom is 0.244 e. The lowest BCUT2D eigenvalue weighted by Gasteiger charge is -2.33. The van der Waals surface area contributed by atoms with E-state index in [0.29, 0.717) is 11.6 Å². The molecule has 192 valence electrons. The molecule has 35 heavy (non-hydrogen) atoms. The van der Waals surface area contributed by atoms with Crippen molar-refractivity contribution in [1.82, 2.24) is 10.2 Å². The summed E-state index contributed by atoms with van der Waals surface area (Å²) in [6, 6.07) is 14.0. The lowest BCUT2D eigenvalue weighted by atomic mass is 10.0. The number of benzene rings is 2. The second kappa shape index (κ2) is 11.2. The van der Waals surface area contributed by atoms with Gasteiger partial charge in [0.1, 0.15) is 12.6 Å². The minimum absolute atomic E-state index is 0.189. The third-order valence-corrected chi connectivity index (χ3v) is 6.93. The molecular weight excluding hydrogens is 462 g/mol. The summed E-state index contributed by atoms with van der Waals surface area (Å²) >= 11 is 0. The first-order chi connectivity index (χ1) is 16.1. The number of sulfonamides is 1. The zero-order valence-electron chi connectivity index (χ0n) is 22.1. The minimum atomic E-state index is -3.75. The van der Waals surface area contributed by atoms with Crippen LogP contribution in [0.25, 0.3) is 0 Å². The number of hydrogen-bond acceptors (Lipinski definition) is 4. The van der Waals surface area contributed by atoms with Crippen LogP contribution in [0.4, 0.5) is 5.69 Å². The van der Waals surface area contributed by atoms with Gasteiger partial charge in [0.05, 0.1) is 11.9 Å². The van der Waals surface area contributed by atoms with Gasteiger partial charge in [-0.05, 0) is 69.4 Å².